The van der Waals surface area contributed by atoms with Crippen LogP contribution in [-0.2, 0) is 17.6 Å². The number of Topliss-reactive ketones (excluding diaryl/α,β-unsaturated/α-hetero) is 1. The van der Waals surface area contributed by atoms with Crippen molar-refractivity contribution in [3.05, 3.63) is 74.7 Å². The summed E-state index contributed by atoms with van der Waals surface area (Å²) in [6.07, 6.45) is 2.54. The molecule has 29 heavy (non-hydrogen) atoms. The molecule has 0 bridgehead atoms. The average molecular weight is 429 g/mol. The first-order valence-electron chi connectivity index (χ1n) is 9.03. The smallest absolute Gasteiger partial charge is 0.230 e. The molecule has 0 radical (unpaired) electrons. The molecule has 150 valence electrons. The molecule has 7 heteroatoms. The molecule has 0 saturated carbocycles. The average Bonchev–Trinajstić information content (AvgIpc) is 3.11. The van der Waals surface area contributed by atoms with Crippen LogP contribution in [-0.4, -0.2) is 23.8 Å². The number of halogens is 1. The predicted molar refractivity (Wildman–Crippen MR) is 116 cm³/mol. The first-order valence-corrected chi connectivity index (χ1v) is 10.2. The highest BCUT2D eigenvalue weighted by atomic mass is 35.5. The highest BCUT2D eigenvalue weighted by Gasteiger charge is 2.13. The van der Waals surface area contributed by atoms with Crippen molar-refractivity contribution in [2.75, 3.05) is 12.4 Å². The number of carbonyl (C=O) groups excluding carboxylic acids is 2. The van der Waals surface area contributed by atoms with Crippen molar-refractivity contribution in [1.29, 1.82) is 0 Å². The highest BCUT2D eigenvalue weighted by Crippen LogP contribution is 2.25. The van der Waals surface area contributed by atoms with Crippen LogP contribution < -0.4 is 10.1 Å². The maximum absolute atomic E-state index is 12.5. The van der Waals surface area contributed by atoms with Crippen molar-refractivity contribution in [2.45, 2.75) is 26.7 Å². The maximum Gasteiger partial charge on any atom is 0.230 e. The number of thiazole rings is 1. The molecule has 5 nitrogen and oxygen atoms in total. The van der Waals surface area contributed by atoms with Gasteiger partial charge in [-0.25, -0.2) is 4.98 Å². The van der Waals surface area contributed by atoms with Crippen molar-refractivity contribution >= 4 is 39.8 Å². The zero-order valence-electron chi connectivity index (χ0n) is 16.4. The SMILES string of the molecule is COc1ccc(C(C)=O)cc1CC(=O)Nc1ncc(Cc2ccc(C)c(Cl)c2)s1. The van der Waals surface area contributed by atoms with Crippen molar-refractivity contribution in [1.82, 2.24) is 4.98 Å². The molecule has 0 spiro atoms. The minimum atomic E-state index is -0.219. The number of anilines is 1. The van der Waals surface area contributed by atoms with Crippen LogP contribution in [0.3, 0.4) is 0 Å². The number of carbonyl (C=O) groups is 2. The van der Waals surface area contributed by atoms with Crippen LogP contribution in [0.25, 0.3) is 0 Å². The van der Waals surface area contributed by atoms with Gasteiger partial charge >= 0.3 is 0 Å². The number of methoxy groups -OCH3 is 1. The van der Waals surface area contributed by atoms with E-state index >= 15 is 0 Å². The summed E-state index contributed by atoms with van der Waals surface area (Å²) in [6, 6.07) is 11.1. The minimum Gasteiger partial charge on any atom is -0.496 e. The van der Waals surface area contributed by atoms with Crippen LogP contribution >= 0.6 is 22.9 Å². The van der Waals surface area contributed by atoms with E-state index in [9.17, 15) is 9.59 Å². The van der Waals surface area contributed by atoms with Crippen LogP contribution in [0, 0.1) is 6.92 Å². The van der Waals surface area contributed by atoms with E-state index in [1.807, 2.05) is 25.1 Å². The van der Waals surface area contributed by atoms with E-state index in [0.717, 1.165) is 21.0 Å². The van der Waals surface area contributed by atoms with Gasteiger partial charge in [0, 0.05) is 33.6 Å². The van der Waals surface area contributed by atoms with Gasteiger partial charge in [-0.2, -0.15) is 0 Å². The van der Waals surface area contributed by atoms with Gasteiger partial charge in [-0.1, -0.05) is 23.7 Å². The maximum atomic E-state index is 12.5. The number of nitrogens with one attached hydrogen (secondary N) is 1. The standard InChI is InChI=1S/C22H21ClN2O3S/c1-13-4-5-15(9-19(13)23)8-18-12-24-22(29-18)25-21(27)11-17-10-16(14(2)26)6-7-20(17)28-3/h4-7,9-10,12H,8,11H2,1-3H3,(H,24,25,27). The lowest BCUT2D eigenvalue weighted by Gasteiger charge is -2.09. The quantitative estimate of drug-likeness (QED) is 0.532. The molecule has 0 saturated heterocycles. The molecule has 1 N–H and O–H groups in total. The molecule has 1 amide bonds. The third-order valence-corrected chi connectivity index (χ3v) is 5.77. The Hall–Kier alpha value is -2.70. The van der Waals surface area contributed by atoms with Gasteiger partial charge in [0.2, 0.25) is 5.91 Å². The lowest BCUT2D eigenvalue weighted by molar-refractivity contribution is -0.115. The number of amides is 1. The van der Waals surface area contributed by atoms with E-state index in [-0.39, 0.29) is 18.1 Å². The van der Waals surface area contributed by atoms with E-state index in [2.05, 4.69) is 10.3 Å². The Morgan fingerprint density at radius 1 is 1.21 bits per heavy atom. The fourth-order valence-electron chi connectivity index (χ4n) is 2.87. The second kappa shape index (κ2) is 9.20. The van der Waals surface area contributed by atoms with Crippen LogP contribution in [0.4, 0.5) is 5.13 Å². The van der Waals surface area contributed by atoms with Gasteiger partial charge in [-0.3, -0.25) is 9.59 Å². The number of aromatic nitrogens is 1. The molecular weight excluding hydrogens is 408 g/mol. The van der Waals surface area contributed by atoms with E-state index in [1.54, 1.807) is 24.4 Å². The summed E-state index contributed by atoms with van der Waals surface area (Å²) in [6.45, 7) is 3.46. The highest BCUT2D eigenvalue weighted by molar-refractivity contribution is 7.15. The number of rotatable bonds is 7. The summed E-state index contributed by atoms with van der Waals surface area (Å²) in [7, 11) is 1.54. The second-order valence-corrected chi connectivity index (χ2v) is 8.22. The van der Waals surface area contributed by atoms with Crippen molar-refractivity contribution in [2.24, 2.45) is 0 Å². The third kappa shape index (κ3) is 5.43. The third-order valence-electron chi connectivity index (χ3n) is 4.45. The summed E-state index contributed by atoms with van der Waals surface area (Å²) in [5.74, 6) is 0.291. The van der Waals surface area contributed by atoms with Crippen molar-refractivity contribution < 1.29 is 14.3 Å². The normalized spacial score (nSPS) is 10.6. The lowest BCUT2D eigenvalue weighted by atomic mass is 10.0. The number of hydrogen-bond acceptors (Lipinski definition) is 5. The van der Waals surface area contributed by atoms with Crippen LogP contribution in [0.1, 0.15) is 38.8 Å². The Morgan fingerprint density at radius 2 is 2.00 bits per heavy atom. The van der Waals surface area contributed by atoms with Gasteiger partial charge in [-0.05, 0) is 49.2 Å². The summed E-state index contributed by atoms with van der Waals surface area (Å²) in [5, 5.41) is 4.09. The fraction of sp³-hybridized carbons (Fsp3) is 0.227. The molecule has 0 unspecified atom stereocenters. The molecule has 2 aromatic carbocycles. The molecule has 3 rings (SSSR count). The lowest BCUT2D eigenvalue weighted by Crippen LogP contribution is -2.15. The van der Waals surface area contributed by atoms with Gasteiger partial charge in [0.15, 0.2) is 10.9 Å². The molecule has 3 aromatic rings. The summed E-state index contributed by atoms with van der Waals surface area (Å²) >= 11 is 7.61. The zero-order chi connectivity index (χ0) is 21.0. The largest absolute Gasteiger partial charge is 0.496 e. The molecule has 0 aliphatic carbocycles. The Bertz CT molecular complexity index is 1060. The van der Waals surface area contributed by atoms with E-state index < -0.39 is 0 Å². The minimum absolute atomic E-state index is 0.0601. The van der Waals surface area contributed by atoms with E-state index in [0.29, 0.717) is 28.4 Å². The number of ether oxygens (including phenoxy) is 1. The van der Waals surface area contributed by atoms with Crippen LogP contribution in [0.15, 0.2) is 42.6 Å². The number of aryl methyl sites for hydroxylation is 1. The molecule has 0 aliphatic rings. The molecule has 1 heterocycles. The molecule has 1 aromatic heterocycles. The van der Waals surface area contributed by atoms with Crippen LogP contribution in [0.5, 0.6) is 5.75 Å². The Balaban J connectivity index is 1.67. The second-order valence-electron chi connectivity index (χ2n) is 6.70. The summed E-state index contributed by atoms with van der Waals surface area (Å²) in [4.78, 5) is 29.4. The molecule has 0 aliphatic heterocycles. The summed E-state index contributed by atoms with van der Waals surface area (Å²) in [5.41, 5.74) is 3.33. The van der Waals surface area contributed by atoms with E-state index in [1.165, 1.54) is 25.4 Å². The van der Waals surface area contributed by atoms with Gasteiger partial charge in [0.05, 0.1) is 13.5 Å². The van der Waals surface area contributed by atoms with Gasteiger partial charge in [-0.15, -0.1) is 11.3 Å². The number of hydrogen-bond donors (Lipinski definition) is 1. The molecule has 0 fully saturated rings. The molecule has 0 atom stereocenters. The number of ketones is 1. The first-order chi connectivity index (χ1) is 13.9. The van der Waals surface area contributed by atoms with Crippen molar-refractivity contribution in [3.63, 3.8) is 0 Å². The monoisotopic (exact) mass is 428 g/mol. The first kappa shape index (κ1) is 21.0. The number of benzene rings is 2. The van der Waals surface area contributed by atoms with Crippen LogP contribution in [0.2, 0.25) is 5.02 Å². The van der Waals surface area contributed by atoms with Gasteiger partial charge < -0.3 is 10.1 Å². The van der Waals surface area contributed by atoms with E-state index in [4.69, 9.17) is 16.3 Å². The fourth-order valence-corrected chi connectivity index (χ4v) is 3.93. The Labute approximate surface area is 178 Å². The zero-order valence-corrected chi connectivity index (χ0v) is 18.0. The Kier molecular flexibility index (Phi) is 6.67. The van der Waals surface area contributed by atoms with Crippen molar-refractivity contribution in [3.8, 4) is 5.75 Å². The summed E-state index contributed by atoms with van der Waals surface area (Å²) < 4.78 is 5.30. The topological polar surface area (TPSA) is 68.3 Å². The molecular formula is C22H21ClN2O3S. The van der Waals surface area contributed by atoms with Gasteiger partial charge in [0.1, 0.15) is 5.75 Å². The predicted octanol–water partition coefficient (Wildman–Crippen LogP) is 5.09. The number of nitrogens with zero attached hydrogens (tertiary/aromatic N) is 1. The van der Waals surface area contributed by atoms with Gasteiger partial charge in [0.25, 0.3) is 0 Å². The Morgan fingerprint density at radius 3 is 2.69 bits per heavy atom.